The van der Waals surface area contributed by atoms with Gasteiger partial charge in [0.1, 0.15) is 0 Å². The summed E-state index contributed by atoms with van der Waals surface area (Å²) in [6.07, 6.45) is 0. The third kappa shape index (κ3) is 5.17. The van der Waals surface area contributed by atoms with Crippen LogP contribution in [-0.4, -0.2) is 25.5 Å². The van der Waals surface area contributed by atoms with Gasteiger partial charge in [-0.3, -0.25) is 4.55 Å². The summed E-state index contributed by atoms with van der Waals surface area (Å²) in [5, 5.41) is 0. The Morgan fingerprint density at radius 2 is 1.39 bits per heavy atom. The molecule has 0 unspecified atom stereocenters. The van der Waals surface area contributed by atoms with Crippen LogP contribution in [0.1, 0.15) is 0 Å². The lowest BCUT2D eigenvalue weighted by Crippen LogP contribution is -2.21. The summed E-state index contributed by atoms with van der Waals surface area (Å²) in [5.41, 5.74) is 0. The van der Waals surface area contributed by atoms with Crippen molar-refractivity contribution in [2.45, 2.75) is 4.90 Å². The molecule has 0 radical (unpaired) electrons. The maximum atomic E-state index is 13.8. The van der Waals surface area contributed by atoms with E-state index in [9.17, 15) is 30.8 Å². The average molecular weight is 758 g/mol. The van der Waals surface area contributed by atoms with Crippen LogP contribution in [0, 0.1) is 34.0 Å². The molecule has 152 valence electrons. The van der Waals surface area contributed by atoms with Crippen molar-refractivity contribution in [2.75, 3.05) is 6.61 Å². The molecular weight excluding hydrogens is 753 g/mol. The molecule has 0 bridgehead atoms. The van der Waals surface area contributed by atoms with Crippen LogP contribution in [0.25, 0.3) is 0 Å². The molecule has 0 aliphatic rings. The third-order valence-electron chi connectivity index (χ3n) is 2.95. The Bertz CT molecular complexity index is 1030. The smallest absolute Gasteiger partial charge is 0.349 e. The van der Waals surface area contributed by atoms with Crippen molar-refractivity contribution in [2.24, 2.45) is 0 Å². The summed E-state index contributed by atoms with van der Waals surface area (Å²) < 4.78 is 96.9. The van der Waals surface area contributed by atoms with E-state index in [4.69, 9.17) is 9.29 Å². The summed E-state index contributed by atoms with van der Waals surface area (Å²) in [6, 6.07) is 3.37. The molecule has 6 nitrogen and oxygen atoms in total. The molecule has 0 atom stereocenters. The molecule has 0 saturated carbocycles. The number of ether oxygens (including phenoxy) is 2. The number of carbonyl (C=O) groups excluding carboxylic acids is 1. The number of hydrogen-bond donors (Lipinski definition) is 1. The Kier molecular flexibility index (Phi) is 7.76. The van der Waals surface area contributed by atoms with Gasteiger partial charge in [-0.2, -0.15) is 17.2 Å². The van der Waals surface area contributed by atoms with E-state index < -0.39 is 56.6 Å². The lowest BCUT2D eigenvalue weighted by Gasteiger charge is -2.12. The summed E-state index contributed by atoms with van der Waals surface area (Å²) in [4.78, 5) is 9.66. The molecule has 2 aromatic carbocycles. The molecule has 0 heterocycles. The summed E-state index contributed by atoms with van der Waals surface area (Å²) >= 11 is 5.81. The van der Waals surface area contributed by atoms with Crippen molar-refractivity contribution in [1.82, 2.24) is 0 Å². The molecule has 0 aromatic heterocycles. The number of hydrogen-bond acceptors (Lipinski definition) is 5. The van der Waals surface area contributed by atoms with Gasteiger partial charge in [-0.1, -0.05) is 0 Å². The van der Waals surface area contributed by atoms with Crippen molar-refractivity contribution < 1.29 is 44.8 Å². The molecule has 0 amide bonds. The fourth-order valence-corrected chi connectivity index (χ4v) is 6.28. The van der Waals surface area contributed by atoms with E-state index in [1.165, 1.54) is 0 Å². The molecule has 2 rings (SSSR count). The number of esters is 1. The lowest BCUT2D eigenvalue weighted by atomic mass is 10.3. The van der Waals surface area contributed by atoms with Crippen LogP contribution < -0.4 is 9.47 Å². The van der Waals surface area contributed by atoms with E-state index in [-0.39, 0.29) is 5.75 Å². The van der Waals surface area contributed by atoms with E-state index in [1.54, 1.807) is 12.1 Å². The fraction of sp³-hybridized carbons (Fsp3) is 0.0714. The van der Waals surface area contributed by atoms with Crippen LogP contribution in [0.3, 0.4) is 0 Å². The van der Waals surface area contributed by atoms with Gasteiger partial charge in [0.25, 0.3) is 0 Å². The van der Waals surface area contributed by atoms with Gasteiger partial charge >= 0.3 is 16.1 Å². The second-order valence-electron chi connectivity index (χ2n) is 4.85. The van der Waals surface area contributed by atoms with E-state index in [2.05, 4.69) is 4.74 Å². The minimum Gasteiger partial charge on any atom is -0.476 e. The largest absolute Gasteiger partial charge is 0.476 e. The molecule has 0 saturated heterocycles. The summed E-state index contributed by atoms with van der Waals surface area (Å²) in [6.45, 7) is -1.14. The number of carbonyl (C=O) groups is 1. The predicted octanol–water partition coefficient (Wildman–Crippen LogP) is 4.29. The Balaban J connectivity index is 2.27. The van der Waals surface area contributed by atoms with Crippen LogP contribution in [-0.2, 0) is 14.9 Å². The predicted molar refractivity (Wildman–Crippen MR) is 112 cm³/mol. The van der Waals surface area contributed by atoms with Crippen LogP contribution in [0.5, 0.6) is 11.5 Å². The highest BCUT2D eigenvalue weighted by Gasteiger charge is 2.33. The second-order valence-corrected chi connectivity index (χ2v) is 9.78. The average Bonchev–Trinajstić information content (AvgIpc) is 2.55. The Labute approximate surface area is 196 Å². The van der Waals surface area contributed by atoms with Gasteiger partial charge in [0, 0.05) is 3.57 Å². The van der Waals surface area contributed by atoms with Crippen LogP contribution in [0.15, 0.2) is 17.0 Å². The normalized spacial score (nSPS) is 11.4. The van der Waals surface area contributed by atoms with Crippen molar-refractivity contribution in [3.8, 4) is 11.5 Å². The van der Waals surface area contributed by atoms with E-state index in [0.717, 1.165) is 3.57 Å². The van der Waals surface area contributed by atoms with Crippen LogP contribution in [0.2, 0.25) is 0 Å². The highest BCUT2D eigenvalue weighted by atomic mass is 127. The lowest BCUT2D eigenvalue weighted by molar-refractivity contribution is -0.136. The molecule has 28 heavy (non-hydrogen) atoms. The van der Waals surface area contributed by atoms with Gasteiger partial charge in [-0.15, -0.1) is 0 Å². The first kappa shape index (κ1) is 23.8. The van der Waals surface area contributed by atoms with Gasteiger partial charge in [-0.05, 0) is 79.9 Å². The number of benzene rings is 2. The molecule has 1 N–H and O–H groups in total. The first-order valence-electron chi connectivity index (χ1n) is 6.66. The highest BCUT2D eigenvalue weighted by Crippen LogP contribution is 2.33. The van der Waals surface area contributed by atoms with E-state index in [0.29, 0.717) is 7.14 Å². The molecule has 0 aliphatic heterocycles. The zero-order chi connectivity index (χ0) is 21.4. The zero-order valence-corrected chi connectivity index (χ0v) is 20.2. The van der Waals surface area contributed by atoms with Crippen molar-refractivity contribution in [3.05, 3.63) is 46.1 Å². The first-order valence-corrected chi connectivity index (χ1v) is 11.3. The molecule has 2 aromatic rings. The SMILES string of the molecule is O=C(COc1c(F)c(F)c(S(=O)(=O)O)c(F)c1F)Oc1c(I)cc(I)cc1I. The minimum absolute atomic E-state index is 0.148. The van der Waals surface area contributed by atoms with Crippen molar-refractivity contribution >= 4 is 83.9 Å². The maximum absolute atomic E-state index is 13.8. The fourth-order valence-electron chi connectivity index (χ4n) is 1.85. The molecule has 14 heteroatoms. The quantitative estimate of drug-likeness (QED) is 0.122. The second kappa shape index (κ2) is 9.13. The third-order valence-corrected chi connectivity index (χ3v) is 6.05. The summed E-state index contributed by atoms with van der Waals surface area (Å²) in [7, 11) is -5.59. The zero-order valence-electron chi connectivity index (χ0n) is 12.9. The highest BCUT2D eigenvalue weighted by molar-refractivity contribution is 14.1. The Morgan fingerprint density at radius 1 is 0.929 bits per heavy atom. The molecule has 0 spiro atoms. The standard InChI is InChI=1S/C14H5F4I3O6S/c15-8-10(17)14(28(23,24)25)11(18)9(16)13(8)26-3-7(22)27-12-5(20)1-4(19)2-6(12)21/h1-2H,3H2,(H,23,24,25). The van der Waals surface area contributed by atoms with E-state index >= 15 is 0 Å². The van der Waals surface area contributed by atoms with Gasteiger partial charge in [-0.25, -0.2) is 13.6 Å². The van der Waals surface area contributed by atoms with Crippen LogP contribution >= 0.6 is 67.8 Å². The van der Waals surface area contributed by atoms with E-state index in [1.807, 2.05) is 67.8 Å². The van der Waals surface area contributed by atoms with Crippen molar-refractivity contribution in [3.63, 3.8) is 0 Å². The number of rotatable bonds is 5. The van der Waals surface area contributed by atoms with Gasteiger partial charge in [0.05, 0.1) is 7.14 Å². The molecule has 0 aliphatic carbocycles. The Morgan fingerprint density at radius 3 is 1.82 bits per heavy atom. The molecule has 0 fully saturated rings. The minimum atomic E-state index is -5.59. The van der Waals surface area contributed by atoms with Gasteiger partial charge in [0.15, 0.2) is 34.6 Å². The van der Waals surface area contributed by atoms with Gasteiger partial charge < -0.3 is 9.47 Å². The summed E-state index contributed by atoms with van der Waals surface area (Å²) in [5.74, 6) is -11.9. The van der Waals surface area contributed by atoms with Crippen LogP contribution in [0.4, 0.5) is 17.6 Å². The number of halogens is 7. The molecular formula is C14H5F4I3O6S. The van der Waals surface area contributed by atoms with Gasteiger partial charge in [0.2, 0.25) is 11.6 Å². The first-order chi connectivity index (χ1) is 12.8. The maximum Gasteiger partial charge on any atom is 0.349 e. The topological polar surface area (TPSA) is 89.9 Å². The Hall–Kier alpha value is -0.470. The monoisotopic (exact) mass is 758 g/mol. The van der Waals surface area contributed by atoms with Crippen molar-refractivity contribution in [1.29, 1.82) is 0 Å².